The van der Waals surface area contributed by atoms with Crippen LogP contribution in [0.15, 0.2) is 40.0 Å². The number of aliphatic carboxylic acids is 1. The smallest absolute Gasteiger partial charge is 0.353 e. The molecule has 0 spiro atoms. The van der Waals surface area contributed by atoms with Crippen LogP contribution >= 0.6 is 11.8 Å². The van der Waals surface area contributed by atoms with Crippen LogP contribution in [0.2, 0.25) is 0 Å². The second-order valence-corrected chi connectivity index (χ2v) is 6.28. The van der Waals surface area contributed by atoms with Gasteiger partial charge in [0.2, 0.25) is 5.91 Å². The Morgan fingerprint density at radius 1 is 1.48 bits per heavy atom. The molecule has 0 saturated carbocycles. The third kappa shape index (κ3) is 2.22. The summed E-state index contributed by atoms with van der Waals surface area (Å²) in [6, 6.07) is 3.34. The molecule has 1 aromatic heterocycles. The Labute approximate surface area is 125 Å². The van der Waals surface area contributed by atoms with E-state index in [1.807, 2.05) is 0 Å². The van der Waals surface area contributed by atoms with Gasteiger partial charge in [-0.05, 0) is 19.1 Å². The zero-order valence-electron chi connectivity index (χ0n) is 11.3. The molecular formula is C14H14N2O4S. The molecule has 21 heavy (non-hydrogen) atoms. The minimum Gasteiger partial charge on any atom is -0.477 e. The van der Waals surface area contributed by atoms with E-state index >= 15 is 0 Å². The summed E-state index contributed by atoms with van der Waals surface area (Å²) < 4.78 is 0. The fourth-order valence-electron chi connectivity index (χ4n) is 2.87. The molecule has 0 aliphatic carbocycles. The van der Waals surface area contributed by atoms with Gasteiger partial charge in [-0.25, -0.2) is 4.79 Å². The average molecular weight is 306 g/mol. The van der Waals surface area contributed by atoms with Gasteiger partial charge in [-0.15, -0.1) is 0 Å². The second-order valence-electron chi connectivity index (χ2n) is 5.11. The van der Waals surface area contributed by atoms with E-state index < -0.39 is 18.0 Å². The largest absolute Gasteiger partial charge is 0.477 e. The molecular weight excluding hydrogens is 292 g/mol. The van der Waals surface area contributed by atoms with Crippen LogP contribution in [-0.4, -0.2) is 44.1 Å². The number of nitrogens with zero attached hydrogens (tertiary/aromatic N) is 2. The highest BCUT2D eigenvalue weighted by Crippen LogP contribution is 2.48. The lowest BCUT2D eigenvalue weighted by Gasteiger charge is -2.44. The van der Waals surface area contributed by atoms with Crippen LogP contribution in [0.25, 0.3) is 0 Å². The highest BCUT2D eigenvalue weighted by Gasteiger charge is 2.56. The normalized spacial score (nSPS) is 25.6. The lowest BCUT2D eigenvalue weighted by molar-refractivity contribution is -0.161. The number of fused-ring (bicyclic) bond motifs is 1. The number of carboxylic acids is 1. The number of aliphatic hydroxyl groups excluding tert-OH is 1. The zero-order valence-corrected chi connectivity index (χ0v) is 12.1. The number of carboxylic acid groups (broad SMARTS) is 1. The summed E-state index contributed by atoms with van der Waals surface area (Å²) >= 11 is 1.33. The molecule has 3 unspecified atom stereocenters. The first-order chi connectivity index (χ1) is 10.0. The maximum atomic E-state index is 12.0. The second kappa shape index (κ2) is 5.16. The molecule has 3 atom stereocenters. The molecule has 0 bridgehead atoms. The molecule has 7 heteroatoms. The minimum absolute atomic E-state index is 0.0451. The van der Waals surface area contributed by atoms with Crippen molar-refractivity contribution in [1.82, 2.24) is 9.88 Å². The van der Waals surface area contributed by atoms with Gasteiger partial charge in [0.15, 0.2) is 0 Å². The van der Waals surface area contributed by atoms with Gasteiger partial charge in [-0.2, -0.15) is 0 Å². The van der Waals surface area contributed by atoms with E-state index in [1.165, 1.54) is 16.7 Å². The SMILES string of the molecule is CC(O)C1C(=O)N2C(C(=O)O)=C(Sc3ccncc3)CC12. The molecule has 2 aliphatic rings. The van der Waals surface area contributed by atoms with Crippen LogP contribution in [-0.2, 0) is 9.59 Å². The molecule has 6 nitrogen and oxygen atoms in total. The van der Waals surface area contributed by atoms with Crippen LogP contribution in [0.3, 0.4) is 0 Å². The number of β-lactam (4-membered cyclic amide) rings is 1. The first-order valence-electron chi connectivity index (χ1n) is 6.56. The Balaban J connectivity index is 1.89. The maximum Gasteiger partial charge on any atom is 0.353 e. The Morgan fingerprint density at radius 2 is 2.14 bits per heavy atom. The molecule has 1 amide bonds. The fraction of sp³-hybridized carbons (Fsp3) is 0.357. The van der Waals surface area contributed by atoms with Gasteiger partial charge >= 0.3 is 5.97 Å². The van der Waals surface area contributed by atoms with Gasteiger partial charge in [-0.3, -0.25) is 9.78 Å². The van der Waals surface area contributed by atoms with E-state index in [1.54, 1.807) is 31.5 Å². The van der Waals surface area contributed by atoms with E-state index in [4.69, 9.17) is 0 Å². The predicted molar refractivity (Wildman–Crippen MR) is 75.2 cm³/mol. The van der Waals surface area contributed by atoms with Crippen molar-refractivity contribution in [2.75, 3.05) is 0 Å². The number of hydrogen-bond acceptors (Lipinski definition) is 5. The highest BCUT2D eigenvalue weighted by molar-refractivity contribution is 8.03. The number of carbonyl (C=O) groups is 2. The van der Waals surface area contributed by atoms with Gasteiger partial charge in [0, 0.05) is 28.6 Å². The summed E-state index contributed by atoms with van der Waals surface area (Å²) in [6.45, 7) is 1.56. The number of amides is 1. The number of rotatable bonds is 4. The fourth-order valence-corrected chi connectivity index (χ4v) is 3.95. The van der Waals surface area contributed by atoms with E-state index in [0.717, 1.165) is 4.90 Å². The van der Waals surface area contributed by atoms with Crippen molar-refractivity contribution in [2.24, 2.45) is 5.92 Å². The van der Waals surface area contributed by atoms with Gasteiger partial charge in [0.1, 0.15) is 5.70 Å². The van der Waals surface area contributed by atoms with Crippen molar-refractivity contribution in [3.63, 3.8) is 0 Å². The number of aliphatic hydroxyl groups is 1. The van der Waals surface area contributed by atoms with Crippen molar-refractivity contribution in [1.29, 1.82) is 0 Å². The van der Waals surface area contributed by atoms with E-state index in [0.29, 0.717) is 11.3 Å². The van der Waals surface area contributed by atoms with Gasteiger partial charge < -0.3 is 15.1 Å². The Kier molecular flexibility index (Phi) is 3.46. The van der Waals surface area contributed by atoms with Gasteiger partial charge in [0.05, 0.1) is 18.1 Å². The molecule has 2 N–H and O–H groups in total. The third-order valence-electron chi connectivity index (χ3n) is 3.78. The van der Waals surface area contributed by atoms with E-state index in [-0.39, 0.29) is 17.6 Å². The minimum atomic E-state index is -1.11. The Morgan fingerprint density at radius 3 is 2.71 bits per heavy atom. The first kappa shape index (κ1) is 14.1. The van der Waals surface area contributed by atoms with Crippen molar-refractivity contribution < 1.29 is 19.8 Å². The maximum absolute atomic E-state index is 12.0. The number of hydrogen-bond donors (Lipinski definition) is 2. The summed E-state index contributed by atoms with van der Waals surface area (Å²) in [7, 11) is 0. The van der Waals surface area contributed by atoms with Crippen LogP contribution in [0.5, 0.6) is 0 Å². The molecule has 2 aliphatic heterocycles. The standard InChI is InChI=1S/C14H14N2O4S/c1-7(17)11-9-6-10(21-8-2-4-15-5-3-8)12(14(19)20)16(9)13(11)18/h2-5,7,9,11,17H,6H2,1H3,(H,19,20). The predicted octanol–water partition coefficient (Wildman–Crippen LogP) is 1.08. The quantitative estimate of drug-likeness (QED) is 0.809. The summed E-state index contributed by atoms with van der Waals surface area (Å²) in [6.07, 6.45) is 2.98. The first-order valence-corrected chi connectivity index (χ1v) is 7.38. The van der Waals surface area contributed by atoms with Crippen molar-refractivity contribution in [3.8, 4) is 0 Å². The van der Waals surface area contributed by atoms with Crippen LogP contribution < -0.4 is 0 Å². The lowest BCUT2D eigenvalue weighted by Crippen LogP contribution is -2.61. The molecule has 3 heterocycles. The highest BCUT2D eigenvalue weighted by atomic mass is 32.2. The molecule has 0 aromatic carbocycles. The van der Waals surface area contributed by atoms with Crippen LogP contribution in [0.1, 0.15) is 13.3 Å². The number of pyridine rings is 1. The monoisotopic (exact) mass is 306 g/mol. The van der Waals surface area contributed by atoms with Gasteiger partial charge in [-0.1, -0.05) is 11.8 Å². The summed E-state index contributed by atoms with van der Waals surface area (Å²) in [5.41, 5.74) is 0.0451. The van der Waals surface area contributed by atoms with E-state index in [2.05, 4.69) is 4.98 Å². The number of aromatic nitrogens is 1. The van der Waals surface area contributed by atoms with Crippen LogP contribution in [0, 0.1) is 5.92 Å². The van der Waals surface area contributed by atoms with Crippen molar-refractivity contribution in [2.45, 2.75) is 30.4 Å². The summed E-state index contributed by atoms with van der Waals surface area (Å²) in [4.78, 5) is 30.3. The molecule has 110 valence electrons. The number of thioether (sulfide) groups is 1. The number of carbonyl (C=O) groups excluding carboxylic acids is 1. The lowest BCUT2D eigenvalue weighted by atomic mass is 9.83. The molecule has 1 saturated heterocycles. The average Bonchev–Trinajstić information content (AvgIpc) is 2.74. The molecule has 0 radical (unpaired) electrons. The van der Waals surface area contributed by atoms with Crippen molar-refractivity contribution in [3.05, 3.63) is 35.1 Å². The molecule has 1 fully saturated rings. The van der Waals surface area contributed by atoms with E-state index in [9.17, 15) is 19.8 Å². The Bertz CT molecular complexity index is 629. The van der Waals surface area contributed by atoms with Crippen LogP contribution in [0.4, 0.5) is 0 Å². The third-order valence-corrected chi connectivity index (χ3v) is 4.90. The Hall–Kier alpha value is -1.86. The topological polar surface area (TPSA) is 90.7 Å². The van der Waals surface area contributed by atoms with Gasteiger partial charge in [0.25, 0.3) is 0 Å². The summed E-state index contributed by atoms with van der Waals surface area (Å²) in [5, 5.41) is 19.0. The molecule has 3 rings (SSSR count). The van der Waals surface area contributed by atoms with Crippen molar-refractivity contribution >= 4 is 23.6 Å². The molecule has 1 aromatic rings. The summed E-state index contributed by atoms with van der Waals surface area (Å²) in [5.74, 6) is -1.92. The zero-order chi connectivity index (χ0) is 15.1.